The molecule has 1 aliphatic rings. The molecule has 3 nitrogen and oxygen atoms in total. The van der Waals surface area contributed by atoms with Crippen LogP contribution in [0, 0.1) is 5.82 Å². The molecule has 0 unspecified atom stereocenters. The third-order valence-corrected chi connectivity index (χ3v) is 3.48. The van der Waals surface area contributed by atoms with Crippen LogP contribution in [0.25, 0.3) is 0 Å². The van der Waals surface area contributed by atoms with Crippen molar-refractivity contribution in [1.29, 1.82) is 0 Å². The first-order chi connectivity index (χ1) is 9.67. The summed E-state index contributed by atoms with van der Waals surface area (Å²) in [6, 6.07) is 6.67. The molecule has 1 aliphatic heterocycles. The molecule has 1 saturated heterocycles. The predicted octanol–water partition coefficient (Wildman–Crippen LogP) is 2.57. The molecule has 0 amide bonds. The Hall–Kier alpha value is -1.65. The Morgan fingerprint density at radius 1 is 1.15 bits per heavy atom. The van der Waals surface area contributed by atoms with Gasteiger partial charge in [-0.2, -0.15) is 0 Å². The number of piperazine rings is 1. The van der Waals surface area contributed by atoms with E-state index >= 15 is 0 Å². The lowest BCUT2D eigenvalue weighted by molar-refractivity contribution is 0.125. The van der Waals surface area contributed by atoms with Gasteiger partial charge in [0.25, 0.3) is 0 Å². The zero-order valence-corrected chi connectivity index (χ0v) is 11.6. The van der Waals surface area contributed by atoms with Crippen molar-refractivity contribution in [3.8, 4) is 0 Å². The highest BCUT2D eigenvalue weighted by molar-refractivity contribution is 5.16. The van der Waals surface area contributed by atoms with Crippen molar-refractivity contribution in [2.45, 2.75) is 6.54 Å². The molecule has 1 aromatic rings. The van der Waals surface area contributed by atoms with Crippen LogP contribution in [0.4, 0.5) is 4.39 Å². The van der Waals surface area contributed by atoms with Crippen LogP contribution in [-0.4, -0.2) is 47.6 Å². The van der Waals surface area contributed by atoms with E-state index in [1.807, 2.05) is 12.1 Å². The molecule has 0 radical (unpaired) electrons. The Morgan fingerprint density at radius 2 is 1.75 bits per heavy atom. The van der Waals surface area contributed by atoms with Gasteiger partial charge in [0.05, 0.1) is 6.54 Å². The molecule has 1 N–H and O–H groups in total. The first-order valence-electron chi connectivity index (χ1n) is 6.87. The van der Waals surface area contributed by atoms with E-state index in [-0.39, 0.29) is 5.82 Å². The third kappa shape index (κ3) is 4.47. The number of allylic oxidation sites excluding steroid dienone is 2. The fraction of sp³-hybridized carbons (Fsp3) is 0.375. The van der Waals surface area contributed by atoms with Crippen molar-refractivity contribution in [1.82, 2.24) is 9.80 Å². The first kappa shape index (κ1) is 14.8. The van der Waals surface area contributed by atoms with Gasteiger partial charge in [0, 0.05) is 32.7 Å². The quantitative estimate of drug-likeness (QED) is 0.661. The van der Waals surface area contributed by atoms with Crippen molar-refractivity contribution in [3.05, 3.63) is 60.1 Å². The summed E-state index contributed by atoms with van der Waals surface area (Å²) in [5.41, 5.74) is 1.13. The summed E-state index contributed by atoms with van der Waals surface area (Å²) in [5.74, 6) is 0.162. The van der Waals surface area contributed by atoms with Crippen LogP contribution in [0.3, 0.4) is 0 Å². The number of aliphatic hydroxyl groups is 1. The van der Waals surface area contributed by atoms with Gasteiger partial charge in [-0.25, -0.2) is 4.39 Å². The predicted molar refractivity (Wildman–Crippen MR) is 79.0 cm³/mol. The second-order valence-corrected chi connectivity index (χ2v) is 5.07. The fourth-order valence-corrected chi connectivity index (χ4v) is 2.37. The molecule has 4 heteroatoms. The van der Waals surface area contributed by atoms with Crippen LogP contribution in [0.2, 0.25) is 0 Å². The smallest absolute Gasteiger partial charge is 0.123 e. The lowest BCUT2D eigenvalue weighted by atomic mass is 10.2. The topological polar surface area (TPSA) is 26.7 Å². The van der Waals surface area contributed by atoms with Gasteiger partial charge >= 0.3 is 0 Å². The van der Waals surface area contributed by atoms with Crippen molar-refractivity contribution < 1.29 is 9.50 Å². The fourth-order valence-electron chi connectivity index (χ4n) is 2.37. The van der Waals surface area contributed by atoms with Gasteiger partial charge in [-0.3, -0.25) is 9.80 Å². The Morgan fingerprint density at radius 3 is 2.35 bits per heavy atom. The minimum atomic E-state index is -0.192. The molecule has 108 valence electrons. The zero-order valence-electron chi connectivity index (χ0n) is 11.6. The number of hydrogen-bond donors (Lipinski definition) is 1. The highest BCUT2D eigenvalue weighted by Crippen LogP contribution is 2.10. The van der Waals surface area contributed by atoms with Crippen LogP contribution < -0.4 is 0 Å². The molecular formula is C16H21FN2O. The van der Waals surface area contributed by atoms with E-state index in [0.717, 1.165) is 38.3 Å². The minimum Gasteiger partial charge on any atom is -0.511 e. The minimum absolute atomic E-state index is 0.192. The van der Waals surface area contributed by atoms with Crippen molar-refractivity contribution in [2.75, 3.05) is 32.7 Å². The van der Waals surface area contributed by atoms with E-state index in [2.05, 4.69) is 16.4 Å². The van der Waals surface area contributed by atoms with Crippen molar-refractivity contribution in [3.63, 3.8) is 0 Å². The van der Waals surface area contributed by atoms with Gasteiger partial charge in [0.2, 0.25) is 0 Å². The second kappa shape index (κ2) is 7.22. The lowest BCUT2D eigenvalue weighted by Crippen LogP contribution is -2.46. The Bertz CT molecular complexity index is 462. The normalized spacial score (nSPS) is 18.1. The van der Waals surface area contributed by atoms with E-state index in [0.29, 0.717) is 12.3 Å². The van der Waals surface area contributed by atoms with Gasteiger partial charge in [-0.1, -0.05) is 24.8 Å². The van der Waals surface area contributed by atoms with Gasteiger partial charge in [0.15, 0.2) is 0 Å². The molecular weight excluding hydrogens is 255 g/mol. The third-order valence-electron chi connectivity index (χ3n) is 3.48. The Labute approximate surface area is 119 Å². The number of nitrogens with zero attached hydrogens (tertiary/aromatic N) is 2. The number of halogens is 1. The SMILES string of the molecule is C=C/C=C(\O)CN1CCN(Cc2ccc(F)cc2)CC1. The molecule has 20 heavy (non-hydrogen) atoms. The Kier molecular flexibility index (Phi) is 5.32. The summed E-state index contributed by atoms with van der Waals surface area (Å²) in [5, 5.41) is 9.63. The summed E-state index contributed by atoms with van der Waals surface area (Å²) in [4.78, 5) is 4.56. The van der Waals surface area contributed by atoms with E-state index in [9.17, 15) is 9.50 Å². The van der Waals surface area contributed by atoms with Gasteiger partial charge in [0.1, 0.15) is 11.6 Å². The van der Waals surface area contributed by atoms with Gasteiger partial charge in [-0.05, 0) is 23.8 Å². The molecule has 1 fully saturated rings. The number of hydrogen-bond acceptors (Lipinski definition) is 3. The monoisotopic (exact) mass is 276 g/mol. The molecule has 0 atom stereocenters. The average molecular weight is 276 g/mol. The summed E-state index contributed by atoms with van der Waals surface area (Å²) < 4.78 is 12.8. The standard InChI is InChI=1S/C16H21FN2O/c1-2-3-16(20)13-19-10-8-18(9-11-19)12-14-4-6-15(17)7-5-14/h2-7,20H,1,8-13H2/b16-3-. The summed E-state index contributed by atoms with van der Waals surface area (Å²) in [7, 11) is 0. The van der Waals surface area contributed by atoms with E-state index < -0.39 is 0 Å². The van der Waals surface area contributed by atoms with E-state index in [4.69, 9.17) is 0 Å². The number of aliphatic hydroxyl groups excluding tert-OH is 1. The lowest BCUT2D eigenvalue weighted by Gasteiger charge is -2.34. The highest BCUT2D eigenvalue weighted by Gasteiger charge is 2.17. The Balaban J connectivity index is 1.78. The maximum atomic E-state index is 12.8. The average Bonchev–Trinajstić information content (AvgIpc) is 2.44. The molecule has 0 saturated carbocycles. The molecule has 0 aromatic heterocycles. The second-order valence-electron chi connectivity index (χ2n) is 5.07. The van der Waals surface area contributed by atoms with E-state index in [1.54, 1.807) is 12.2 Å². The maximum Gasteiger partial charge on any atom is 0.123 e. The molecule has 1 aromatic carbocycles. The largest absolute Gasteiger partial charge is 0.511 e. The molecule has 2 rings (SSSR count). The highest BCUT2D eigenvalue weighted by atomic mass is 19.1. The summed E-state index contributed by atoms with van der Waals surface area (Å²) in [6.45, 7) is 8.77. The van der Waals surface area contributed by atoms with Crippen LogP contribution in [0.15, 0.2) is 48.8 Å². The molecule has 0 aliphatic carbocycles. The van der Waals surface area contributed by atoms with Crippen LogP contribution in [-0.2, 0) is 6.54 Å². The van der Waals surface area contributed by atoms with Gasteiger partial charge < -0.3 is 5.11 Å². The van der Waals surface area contributed by atoms with E-state index in [1.165, 1.54) is 12.1 Å². The molecule has 0 bridgehead atoms. The van der Waals surface area contributed by atoms with Crippen molar-refractivity contribution >= 4 is 0 Å². The summed E-state index contributed by atoms with van der Waals surface area (Å²) >= 11 is 0. The van der Waals surface area contributed by atoms with Crippen LogP contribution in [0.5, 0.6) is 0 Å². The molecule has 1 heterocycles. The molecule has 0 spiro atoms. The maximum absolute atomic E-state index is 12.8. The van der Waals surface area contributed by atoms with Gasteiger partial charge in [-0.15, -0.1) is 0 Å². The zero-order chi connectivity index (χ0) is 14.4. The van der Waals surface area contributed by atoms with Crippen molar-refractivity contribution in [2.24, 2.45) is 0 Å². The number of benzene rings is 1. The first-order valence-corrected chi connectivity index (χ1v) is 6.87. The van der Waals surface area contributed by atoms with Crippen LogP contribution >= 0.6 is 0 Å². The van der Waals surface area contributed by atoms with Crippen LogP contribution in [0.1, 0.15) is 5.56 Å². The summed E-state index contributed by atoms with van der Waals surface area (Å²) in [6.07, 6.45) is 3.23. The number of rotatable bonds is 5.